The fraction of sp³-hybridized carbons (Fsp3) is 0.657. The van der Waals surface area contributed by atoms with E-state index in [1.807, 2.05) is 0 Å². The first-order valence-electron chi connectivity index (χ1n) is 16.5. The molecule has 0 N–H and O–H groups in total. The molecule has 0 amide bonds. The fourth-order valence-corrected chi connectivity index (χ4v) is 7.37. The van der Waals surface area contributed by atoms with Crippen LogP contribution >= 0.6 is 0 Å². The van der Waals surface area contributed by atoms with Crippen LogP contribution in [0.4, 0.5) is 26.3 Å². The van der Waals surface area contributed by atoms with Gasteiger partial charge in [-0.1, -0.05) is 38.3 Å². The second-order valence-electron chi connectivity index (χ2n) is 13.1. The number of benzene rings is 2. The van der Waals surface area contributed by atoms with Crippen molar-refractivity contribution >= 4 is 0 Å². The summed E-state index contributed by atoms with van der Waals surface area (Å²) < 4.78 is 104. The van der Waals surface area contributed by atoms with Gasteiger partial charge in [-0.2, -0.15) is 8.78 Å². The third kappa shape index (κ3) is 9.31. The third-order valence-electron chi connectivity index (χ3n) is 9.92. The maximum absolute atomic E-state index is 15.2. The first-order chi connectivity index (χ1) is 21.5. The molecule has 0 spiro atoms. The lowest BCUT2D eigenvalue weighted by molar-refractivity contribution is -0.274. The van der Waals surface area contributed by atoms with E-state index in [0.717, 1.165) is 76.4 Å². The lowest BCUT2D eigenvalue weighted by Gasteiger charge is -2.41. The minimum atomic E-state index is -4.84. The molecule has 10 heteroatoms. The van der Waals surface area contributed by atoms with Gasteiger partial charge in [0.15, 0.2) is 6.29 Å². The van der Waals surface area contributed by atoms with Crippen molar-refractivity contribution in [2.45, 2.75) is 103 Å². The van der Waals surface area contributed by atoms with E-state index in [1.165, 1.54) is 43.5 Å². The summed E-state index contributed by atoms with van der Waals surface area (Å²) in [4.78, 5) is 0. The van der Waals surface area contributed by atoms with Crippen LogP contribution in [0.25, 0.3) is 11.1 Å². The van der Waals surface area contributed by atoms with E-state index < -0.39 is 30.0 Å². The summed E-state index contributed by atoms with van der Waals surface area (Å²) in [5.74, 6) is -0.665. The molecule has 1 saturated heterocycles. The summed E-state index contributed by atoms with van der Waals surface area (Å²) in [6.07, 6.45) is 2.80. The predicted molar refractivity (Wildman–Crippen MR) is 158 cm³/mol. The first-order valence-corrected chi connectivity index (χ1v) is 16.5. The van der Waals surface area contributed by atoms with Crippen molar-refractivity contribution in [1.29, 1.82) is 0 Å². The van der Waals surface area contributed by atoms with Crippen LogP contribution in [0, 0.1) is 35.4 Å². The Morgan fingerprint density at radius 1 is 0.711 bits per heavy atom. The van der Waals surface area contributed by atoms with Gasteiger partial charge in [0, 0.05) is 23.5 Å². The smallest absolute Gasteiger partial charge is 0.432 e. The van der Waals surface area contributed by atoms with Crippen LogP contribution in [0.3, 0.4) is 0 Å². The van der Waals surface area contributed by atoms with E-state index in [4.69, 9.17) is 14.2 Å². The van der Waals surface area contributed by atoms with E-state index in [1.54, 1.807) is 0 Å². The molecule has 2 aromatic rings. The minimum Gasteiger partial charge on any atom is -0.432 e. The molecular formula is C35H44F6O4. The van der Waals surface area contributed by atoms with Crippen molar-refractivity contribution in [3.63, 3.8) is 0 Å². The molecule has 0 bridgehead atoms. The summed E-state index contributed by atoms with van der Waals surface area (Å²) in [6.45, 7) is 3.77. The Labute approximate surface area is 261 Å². The Morgan fingerprint density at radius 2 is 1.29 bits per heavy atom. The van der Waals surface area contributed by atoms with Gasteiger partial charge in [-0.15, -0.1) is 13.2 Å². The second kappa shape index (κ2) is 15.0. The standard InChI is InChI=1S/C35H44F6O4/c1-2-3-4-5-23-21-42-33(43-22-23)27-8-6-24(7-9-27)25-10-14-28(15-11-25)34(37,38)44-30-18-19-31(32(36)20-30)26-12-16-29(17-13-26)45-35(39,40)41/h12-13,16-20,23-25,27-28,33H,2-11,14-15,21-22H2,1H3. The zero-order valence-corrected chi connectivity index (χ0v) is 25.8. The normalized spacial score (nSPS) is 28.1. The largest absolute Gasteiger partial charge is 0.573 e. The van der Waals surface area contributed by atoms with Crippen molar-refractivity contribution in [1.82, 2.24) is 0 Å². The molecule has 0 radical (unpaired) electrons. The third-order valence-corrected chi connectivity index (χ3v) is 9.92. The maximum atomic E-state index is 15.2. The molecule has 3 fully saturated rings. The van der Waals surface area contributed by atoms with Crippen LogP contribution in [0.15, 0.2) is 42.5 Å². The van der Waals surface area contributed by atoms with Gasteiger partial charge in [-0.3, -0.25) is 0 Å². The maximum Gasteiger partial charge on any atom is 0.573 e. The van der Waals surface area contributed by atoms with Gasteiger partial charge in [-0.25, -0.2) is 4.39 Å². The SMILES string of the molecule is CCCCCC1COC(C2CCC(C3CCC(C(F)(F)Oc4ccc(-c5ccc(OC(F)(F)F)cc5)c(F)c4)CC3)CC2)OC1. The van der Waals surface area contributed by atoms with Crippen LogP contribution in [-0.4, -0.2) is 32.0 Å². The average Bonchev–Trinajstić information content (AvgIpc) is 3.01. The molecule has 0 atom stereocenters. The van der Waals surface area contributed by atoms with Gasteiger partial charge in [0.05, 0.1) is 19.1 Å². The summed E-state index contributed by atoms with van der Waals surface area (Å²) >= 11 is 0. The number of rotatable bonds is 11. The van der Waals surface area contributed by atoms with Crippen LogP contribution < -0.4 is 9.47 Å². The zero-order valence-electron chi connectivity index (χ0n) is 25.8. The number of unbranched alkanes of at least 4 members (excludes halogenated alkanes) is 2. The van der Waals surface area contributed by atoms with Crippen LogP contribution in [0.1, 0.15) is 84.0 Å². The van der Waals surface area contributed by atoms with E-state index >= 15 is 8.78 Å². The van der Waals surface area contributed by atoms with Crippen LogP contribution in [0.5, 0.6) is 11.5 Å². The topological polar surface area (TPSA) is 36.9 Å². The van der Waals surface area contributed by atoms with Crippen molar-refractivity contribution in [3.8, 4) is 22.6 Å². The Balaban J connectivity index is 1.06. The highest BCUT2D eigenvalue weighted by Crippen LogP contribution is 2.46. The van der Waals surface area contributed by atoms with Crippen molar-refractivity contribution < 1.29 is 45.3 Å². The number of hydrogen-bond acceptors (Lipinski definition) is 4. The molecule has 2 aromatic carbocycles. The Bertz CT molecular complexity index is 1200. The number of hydrogen-bond donors (Lipinski definition) is 0. The van der Waals surface area contributed by atoms with Crippen molar-refractivity contribution in [2.24, 2.45) is 29.6 Å². The molecule has 2 saturated carbocycles. The van der Waals surface area contributed by atoms with Gasteiger partial charge in [0.1, 0.15) is 17.3 Å². The van der Waals surface area contributed by atoms with E-state index in [2.05, 4.69) is 11.7 Å². The Kier molecular flexibility index (Phi) is 11.3. The van der Waals surface area contributed by atoms with Gasteiger partial charge < -0.3 is 18.9 Å². The van der Waals surface area contributed by atoms with Gasteiger partial charge in [0.25, 0.3) is 0 Å². The van der Waals surface area contributed by atoms with Gasteiger partial charge in [0.2, 0.25) is 0 Å². The Hall–Kier alpha value is -2.46. The molecule has 1 heterocycles. The molecule has 0 unspecified atom stereocenters. The average molecular weight is 643 g/mol. The lowest BCUT2D eigenvalue weighted by Crippen LogP contribution is -2.40. The highest BCUT2D eigenvalue weighted by molar-refractivity contribution is 5.65. The highest BCUT2D eigenvalue weighted by atomic mass is 19.4. The summed E-state index contributed by atoms with van der Waals surface area (Å²) in [5, 5.41) is 0. The number of alkyl halides is 5. The molecule has 3 aliphatic rings. The van der Waals surface area contributed by atoms with Gasteiger partial charge >= 0.3 is 12.5 Å². The summed E-state index contributed by atoms with van der Waals surface area (Å²) in [6, 6.07) is 8.08. The molecule has 0 aromatic heterocycles. The number of halogens is 6. The van der Waals surface area contributed by atoms with Crippen molar-refractivity contribution in [2.75, 3.05) is 13.2 Å². The molecule has 4 nitrogen and oxygen atoms in total. The Morgan fingerprint density at radius 3 is 1.87 bits per heavy atom. The zero-order chi connectivity index (χ0) is 32.0. The first kappa shape index (κ1) is 33.9. The van der Waals surface area contributed by atoms with Crippen molar-refractivity contribution in [3.05, 3.63) is 48.3 Å². The predicted octanol–water partition coefficient (Wildman–Crippen LogP) is 10.5. The molecule has 2 aliphatic carbocycles. The summed E-state index contributed by atoms with van der Waals surface area (Å²) in [7, 11) is 0. The van der Waals surface area contributed by atoms with E-state index in [0.29, 0.717) is 36.5 Å². The molecule has 5 rings (SSSR count). The van der Waals surface area contributed by atoms with Crippen LogP contribution in [0.2, 0.25) is 0 Å². The second-order valence-corrected chi connectivity index (χ2v) is 13.1. The summed E-state index contributed by atoms with van der Waals surface area (Å²) in [5.41, 5.74) is 0.325. The monoisotopic (exact) mass is 642 g/mol. The minimum absolute atomic E-state index is 0.0488. The van der Waals surface area contributed by atoms with E-state index in [9.17, 15) is 17.6 Å². The molecule has 45 heavy (non-hydrogen) atoms. The fourth-order valence-electron chi connectivity index (χ4n) is 7.37. The van der Waals surface area contributed by atoms with E-state index in [-0.39, 0.29) is 23.2 Å². The highest BCUT2D eigenvalue weighted by Gasteiger charge is 2.45. The lowest BCUT2D eigenvalue weighted by atomic mass is 9.69. The van der Waals surface area contributed by atoms with Crippen LogP contribution in [-0.2, 0) is 9.47 Å². The quantitative estimate of drug-likeness (QED) is 0.181. The number of ether oxygens (including phenoxy) is 4. The molecular weight excluding hydrogens is 598 g/mol. The molecule has 1 aliphatic heterocycles. The van der Waals surface area contributed by atoms with Gasteiger partial charge in [-0.05, 0) is 99.5 Å². The molecule has 250 valence electrons.